The van der Waals surface area contributed by atoms with Gasteiger partial charge in [0, 0.05) is 17.1 Å². The molecule has 3 heterocycles. The van der Waals surface area contributed by atoms with Crippen molar-refractivity contribution in [1.82, 2.24) is 9.38 Å². The summed E-state index contributed by atoms with van der Waals surface area (Å²) in [4.78, 5) is 26.6. The van der Waals surface area contributed by atoms with E-state index in [4.69, 9.17) is 0 Å². The van der Waals surface area contributed by atoms with E-state index in [0.29, 0.717) is 22.6 Å². The van der Waals surface area contributed by atoms with Crippen molar-refractivity contribution in [2.24, 2.45) is 0 Å². The van der Waals surface area contributed by atoms with Gasteiger partial charge in [-0.1, -0.05) is 0 Å². The molecule has 0 fully saturated rings. The number of aldehydes is 2. The van der Waals surface area contributed by atoms with E-state index >= 15 is 0 Å². The molecule has 0 saturated heterocycles. The minimum Gasteiger partial charge on any atom is -0.298 e. The van der Waals surface area contributed by atoms with Gasteiger partial charge in [0.1, 0.15) is 17.0 Å². The fraction of sp³-hybridized carbons (Fsp3) is 0. The number of hydrogen-bond acceptors (Lipinski definition) is 4. The van der Waals surface area contributed by atoms with E-state index in [1.165, 1.54) is 11.3 Å². The molecule has 4 nitrogen and oxygen atoms in total. The number of carbonyl (C=O) groups is 2. The van der Waals surface area contributed by atoms with E-state index in [2.05, 4.69) is 4.98 Å². The number of imidazole rings is 1. The molecule has 0 unspecified atom stereocenters. The quantitative estimate of drug-likeness (QED) is 0.677. The Bertz CT molecular complexity index is 729. The maximum Gasteiger partial charge on any atom is 0.169 e. The van der Waals surface area contributed by atoms with Crippen LogP contribution in [-0.2, 0) is 0 Å². The predicted molar refractivity (Wildman–Crippen MR) is 69.3 cm³/mol. The Morgan fingerprint density at radius 1 is 1.22 bits per heavy atom. The normalized spacial score (nSPS) is 10.7. The summed E-state index contributed by atoms with van der Waals surface area (Å²) in [7, 11) is 0. The number of rotatable bonds is 3. The number of thiophene rings is 1. The second kappa shape index (κ2) is 4.19. The Balaban J connectivity index is 2.40. The van der Waals surface area contributed by atoms with Crippen molar-refractivity contribution in [3.05, 3.63) is 46.4 Å². The highest BCUT2D eigenvalue weighted by Gasteiger charge is 2.15. The van der Waals surface area contributed by atoms with Crippen molar-refractivity contribution in [2.45, 2.75) is 0 Å². The molecule has 3 aromatic rings. The SMILES string of the molecule is O=Cc1cccn2c(C=O)c(-c3ccsc3)nc12. The van der Waals surface area contributed by atoms with Crippen LogP contribution < -0.4 is 0 Å². The van der Waals surface area contributed by atoms with Crippen LogP contribution in [0.4, 0.5) is 0 Å². The maximum absolute atomic E-state index is 11.3. The van der Waals surface area contributed by atoms with E-state index in [0.717, 1.165) is 18.1 Å². The number of pyridine rings is 1. The molecular formula is C13H8N2O2S. The molecule has 0 spiro atoms. The van der Waals surface area contributed by atoms with Gasteiger partial charge in [-0.05, 0) is 23.6 Å². The fourth-order valence-corrected chi connectivity index (χ4v) is 2.56. The first-order valence-electron chi connectivity index (χ1n) is 5.29. The van der Waals surface area contributed by atoms with E-state index in [1.54, 1.807) is 22.7 Å². The Labute approximate surface area is 107 Å². The molecule has 88 valence electrons. The Morgan fingerprint density at radius 2 is 2.11 bits per heavy atom. The van der Waals surface area contributed by atoms with Gasteiger partial charge in [-0.2, -0.15) is 11.3 Å². The molecule has 3 aromatic heterocycles. The third kappa shape index (κ3) is 1.48. The van der Waals surface area contributed by atoms with E-state index in [1.807, 2.05) is 16.8 Å². The molecule has 0 radical (unpaired) electrons. The molecule has 0 aliphatic rings. The van der Waals surface area contributed by atoms with E-state index in [9.17, 15) is 9.59 Å². The second-order valence-electron chi connectivity index (χ2n) is 3.75. The van der Waals surface area contributed by atoms with Crippen LogP contribution in [-0.4, -0.2) is 22.0 Å². The van der Waals surface area contributed by atoms with Gasteiger partial charge in [-0.25, -0.2) is 4.98 Å². The molecule has 0 aliphatic heterocycles. The summed E-state index contributed by atoms with van der Waals surface area (Å²) in [5, 5.41) is 3.85. The Morgan fingerprint density at radius 3 is 2.78 bits per heavy atom. The van der Waals surface area contributed by atoms with Crippen molar-refractivity contribution in [1.29, 1.82) is 0 Å². The van der Waals surface area contributed by atoms with Crippen LogP contribution in [0.25, 0.3) is 16.9 Å². The summed E-state index contributed by atoms with van der Waals surface area (Å²) < 4.78 is 1.64. The van der Waals surface area contributed by atoms with Crippen LogP contribution in [0, 0.1) is 0 Å². The highest BCUT2D eigenvalue weighted by Crippen LogP contribution is 2.26. The van der Waals surface area contributed by atoms with Gasteiger partial charge in [0.05, 0.1) is 5.56 Å². The highest BCUT2D eigenvalue weighted by atomic mass is 32.1. The minimum absolute atomic E-state index is 0.465. The van der Waals surface area contributed by atoms with Crippen LogP contribution in [0.5, 0.6) is 0 Å². The van der Waals surface area contributed by atoms with E-state index < -0.39 is 0 Å². The zero-order chi connectivity index (χ0) is 12.5. The lowest BCUT2D eigenvalue weighted by Gasteiger charge is -1.96. The third-order valence-corrected chi connectivity index (χ3v) is 3.43. The monoisotopic (exact) mass is 256 g/mol. The molecule has 3 rings (SSSR count). The van der Waals surface area contributed by atoms with Gasteiger partial charge in [0.15, 0.2) is 12.6 Å². The third-order valence-electron chi connectivity index (χ3n) is 2.75. The fourth-order valence-electron chi connectivity index (χ4n) is 1.92. The van der Waals surface area contributed by atoms with Crippen molar-refractivity contribution >= 4 is 29.6 Å². The lowest BCUT2D eigenvalue weighted by molar-refractivity contribution is 0.111. The smallest absolute Gasteiger partial charge is 0.169 e. The van der Waals surface area contributed by atoms with Crippen LogP contribution in [0.1, 0.15) is 20.8 Å². The van der Waals surface area contributed by atoms with Gasteiger partial charge in [0.25, 0.3) is 0 Å². The number of aromatic nitrogens is 2. The molecule has 0 N–H and O–H groups in total. The number of nitrogens with zero attached hydrogens (tertiary/aromatic N) is 2. The number of fused-ring (bicyclic) bond motifs is 1. The average molecular weight is 256 g/mol. The average Bonchev–Trinajstić information content (AvgIpc) is 3.04. The molecule has 18 heavy (non-hydrogen) atoms. The van der Waals surface area contributed by atoms with Crippen molar-refractivity contribution < 1.29 is 9.59 Å². The number of hydrogen-bond donors (Lipinski definition) is 0. The molecule has 0 atom stereocenters. The van der Waals surface area contributed by atoms with Crippen molar-refractivity contribution in [2.75, 3.05) is 0 Å². The van der Waals surface area contributed by atoms with Gasteiger partial charge in [-0.15, -0.1) is 0 Å². The molecule has 0 bridgehead atoms. The van der Waals surface area contributed by atoms with Gasteiger partial charge in [0.2, 0.25) is 0 Å². The van der Waals surface area contributed by atoms with Gasteiger partial charge >= 0.3 is 0 Å². The maximum atomic E-state index is 11.3. The first-order valence-corrected chi connectivity index (χ1v) is 6.23. The molecule has 0 aliphatic carbocycles. The van der Waals surface area contributed by atoms with E-state index in [-0.39, 0.29) is 0 Å². The first kappa shape index (κ1) is 10.9. The van der Waals surface area contributed by atoms with Crippen molar-refractivity contribution in [3.8, 4) is 11.3 Å². The number of carbonyl (C=O) groups excluding carboxylic acids is 2. The van der Waals surface area contributed by atoms with Crippen LogP contribution in [0.3, 0.4) is 0 Å². The largest absolute Gasteiger partial charge is 0.298 e. The van der Waals surface area contributed by atoms with Crippen LogP contribution in [0.2, 0.25) is 0 Å². The Hall–Kier alpha value is -2.27. The standard InChI is InChI=1S/C13H8N2O2S/c16-6-9-2-1-4-15-11(7-17)12(14-13(9)15)10-3-5-18-8-10/h1-8H. The summed E-state index contributed by atoms with van der Waals surface area (Å²) in [6.07, 6.45) is 3.24. The molecule has 5 heteroatoms. The van der Waals surface area contributed by atoms with Gasteiger partial charge < -0.3 is 0 Å². The second-order valence-corrected chi connectivity index (χ2v) is 4.53. The summed E-state index contributed by atoms with van der Waals surface area (Å²) in [6.45, 7) is 0. The van der Waals surface area contributed by atoms with Crippen LogP contribution >= 0.6 is 11.3 Å². The van der Waals surface area contributed by atoms with Crippen LogP contribution in [0.15, 0.2) is 35.2 Å². The molecule has 0 amide bonds. The minimum atomic E-state index is 0.465. The molecular weight excluding hydrogens is 248 g/mol. The molecule has 0 aromatic carbocycles. The molecule has 0 saturated carbocycles. The summed E-state index contributed by atoms with van der Waals surface area (Å²) >= 11 is 1.54. The zero-order valence-electron chi connectivity index (χ0n) is 9.24. The topological polar surface area (TPSA) is 51.4 Å². The summed E-state index contributed by atoms with van der Waals surface area (Å²) in [6, 6.07) is 5.31. The summed E-state index contributed by atoms with van der Waals surface area (Å²) in [5.74, 6) is 0. The Kier molecular flexibility index (Phi) is 2.53. The predicted octanol–water partition coefficient (Wildman–Crippen LogP) is 2.69. The highest BCUT2D eigenvalue weighted by molar-refractivity contribution is 7.08. The first-order chi connectivity index (χ1) is 8.85. The summed E-state index contributed by atoms with van der Waals surface area (Å²) in [5.41, 5.74) is 2.95. The lowest BCUT2D eigenvalue weighted by atomic mass is 10.2. The van der Waals surface area contributed by atoms with Crippen molar-refractivity contribution in [3.63, 3.8) is 0 Å². The van der Waals surface area contributed by atoms with Gasteiger partial charge in [-0.3, -0.25) is 14.0 Å². The lowest BCUT2D eigenvalue weighted by Crippen LogP contribution is -1.94. The zero-order valence-corrected chi connectivity index (χ0v) is 10.1.